The van der Waals surface area contributed by atoms with E-state index < -0.39 is 34.8 Å². The fourth-order valence-corrected chi connectivity index (χ4v) is 5.56. The molecule has 4 aromatic heterocycles. The Hall–Kier alpha value is -4.30. The Kier molecular flexibility index (Phi) is 11.6. The molecule has 0 saturated carbocycles. The van der Waals surface area contributed by atoms with Gasteiger partial charge in [0.15, 0.2) is 11.6 Å². The highest BCUT2D eigenvalue weighted by molar-refractivity contribution is 9.10. The van der Waals surface area contributed by atoms with Crippen molar-refractivity contribution in [1.29, 1.82) is 0 Å². The lowest BCUT2D eigenvalue weighted by Crippen LogP contribution is -2.12. The molecule has 15 heteroatoms. The lowest BCUT2D eigenvalue weighted by molar-refractivity contribution is 0.0987. The van der Waals surface area contributed by atoms with Gasteiger partial charge in [0.1, 0.15) is 23.3 Å². The fourth-order valence-electron chi connectivity index (χ4n) is 4.59. The number of allylic oxidation sites excluding steroid dienone is 1. The highest BCUT2D eigenvalue weighted by Gasteiger charge is 2.22. The molecule has 0 N–H and O–H groups in total. The van der Waals surface area contributed by atoms with Crippen molar-refractivity contribution in [2.45, 2.75) is 6.42 Å². The minimum Gasteiger partial charge on any atom is -0.383 e. The van der Waals surface area contributed by atoms with Crippen molar-refractivity contribution in [2.24, 2.45) is 0 Å². The Morgan fingerprint density at radius 1 is 0.700 bits per heavy atom. The average molecular weight is 850 g/mol. The zero-order chi connectivity index (χ0) is 36.3. The predicted molar refractivity (Wildman–Crippen MR) is 191 cm³/mol. The standard InChI is InChI=1S/C19H13BrClF2N3O.C16H8BrClF2N2O/c1-26(2)9-12(19(27)11-6-13(21)15(23)7-14(11)22)16-3-4-17-18(25-16)5-10(20)8-24-17;17-8-3-15-14(21-7-8)2-1-9(22-15)4-16(23)10-5-11(18)13(20)6-12(10)19/h3-9H,1-2H3;1-3,5-7H,4H2/b12-9-;. The van der Waals surface area contributed by atoms with E-state index >= 15 is 0 Å². The number of fused-ring (bicyclic) bond motifs is 2. The molecule has 0 bridgehead atoms. The molecule has 0 fully saturated rings. The van der Waals surface area contributed by atoms with E-state index in [2.05, 4.69) is 51.8 Å². The molecule has 0 aliphatic heterocycles. The second kappa shape index (κ2) is 15.7. The van der Waals surface area contributed by atoms with Crippen LogP contribution in [0.25, 0.3) is 27.6 Å². The van der Waals surface area contributed by atoms with Crippen LogP contribution in [0, 0.1) is 23.3 Å². The Bertz CT molecular complexity index is 2340. The zero-order valence-corrected chi connectivity index (χ0v) is 30.5. The molecule has 6 aromatic rings. The van der Waals surface area contributed by atoms with Crippen LogP contribution in [0.15, 0.2) is 88.2 Å². The smallest absolute Gasteiger partial charge is 0.199 e. The topological polar surface area (TPSA) is 88.9 Å². The molecule has 254 valence electrons. The van der Waals surface area contributed by atoms with Gasteiger partial charge >= 0.3 is 0 Å². The third-order valence-electron chi connectivity index (χ3n) is 6.88. The molecule has 0 aliphatic rings. The van der Waals surface area contributed by atoms with Crippen LogP contribution in [-0.2, 0) is 6.42 Å². The molecule has 0 unspecified atom stereocenters. The zero-order valence-electron chi connectivity index (χ0n) is 25.8. The van der Waals surface area contributed by atoms with Crippen LogP contribution in [0.3, 0.4) is 0 Å². The summed E-state index contributed by atoms with van der Waals surface area (Å²) in [6.45, 7) is 0. The predicted octanol–water partition coefficient (Wildman–Crippen LogP) is 9.86. The van der Waals surface area contributed by atoms with E-state index in [9.17, 15) is 27.2 Å². The summed E-state index contributed by atoms with van der Waals surface area (Å²) in [7, 11) is 3.45. The molecule has 6 rings (SSSR count). The summed E-state index contributed by atoms with van der Waals surface area (Å²) >= 11 is 18.0. The van der Waals surface area contributed by atoms with E-state index in [4.69, 9.17) is 23.2 Å². The first-order valence-electron chi connectivity index (χ1n) is 14.3. The third kappa shape index (κ3) is 8.70. The van der Waals surface area contributed by atoms with E-state index in [0.29, 0.717) is 45.6 Å². The normalized spacial score (nSPS) is 11.4. The molecular formula is C35H21Br2Cl2F4N5O2. The van der Waals surface area contributed by atoms with Crippen molar-refractivity contribution in [3.8, 4) is 0 Å². The SMILES string of the molecule is CN(C)/C=C(\C(=O)c1cc(Cl)c(F)cc1F)c1ccc2ncc(Br)cc2n1.O=C(Cc1ccc2ncc(Br)cc2n1)c1cc(Cl)c(F)cc1F. The molecule has 2 aromatic carbocycles. The summed E-state index contributed by atoms with van der Waals surface area (Å²) < 4.78 is 56.0. The molecule has 0 amide bonds. The van der Waals surface area contributed by atoms with Gasteiger partial charge in [-0.25, -0.2) is 22.5 Å². The van der Waals surface area contributed by atoms with Crippen molar-refractivity contribution < 1.29 is 27.2 Å². The Morgan fingerprint density at radius 2 is 1.22 bits per heavy atom. The van der Waals surface area contributed by atoms with Gasteiger partial charge in [0.2, 0.25) is 0 Å². The summed E-state index contributed by atoms with van der Waals surface area (Å²) in [4.78, 5) is 44.1. The molecule has 0 aliphatic carbocycles. The highest BCUT2D eigenvalue weighted by atomic mass is 79.9. The van der Waals surface area contributed by atoms with Gasteiger partial charge in [-0.2, -0.15) is 0 Å². The number of carbonyl (C=O) groups is 2. The minimum atomic E-state index is -0.989. The van der Waals surface area contributed by atoms with E-state index in [1.54, 1.807) is 67.8 Å². The maximum Gasteiger partial charge on any atom is 0.199 e. The number of pyridine rings is 4. The number of ketones is 2. The van der Waals surface area contributed by atoms with Crippen LogP contribution in [0.2, 0.25) is 10.0 Å². The van der Waals surface area contributed by atoms with Gasteiger partial charge in [-0.1, -0.05) is 23.2 Å². The lowest BCUT2D eigenvalue weighted by atomic mass is 10.00. The number of Topliss-reactive ketones (excluding diaryl/α,β-unsaturated/α-hetero) is 2. The largest absolute Gasteiger partial charge is 0.383 e. The molecule has 0 radical (unpaired) electrons. The summed E-state index contributed by atoms with van der Waals surface area (Å²) in [5.41, 5.74) is 2.86. The third-order valence-corrected chi connectivity index (χ3v) is 8.33. The van der Waals surface area contributed by atoms with Crippen molar-refractivity contribution in [1.82, 2.24) is 24.8 Å². The molecular weight excluding hydrogens is 829 g/mol. The quantitative estimate of drug-likeness (QED) is 0.0684. The van der Waals surface area contributed by atoms with E-state index in [1.165, 1.54) is 6.20 Å². The monoisotopic (exact) mass is 847 g/mol. The van der Waals surface area contributed by atoms with Gasteiger partial charge in [-0.05, 0) is 80.4 Å². The highest BCUT2D eigenvalue weighted by Crippen LogP contribution is 2.27. The van der Waals surface area contributed by atoms with Crippen molar-refractivity contribution in [3.05, 3.63) is 144 Å². The number of carbonyl (C=O) groups excluding carboxylic acids is 2. The summed E-state index contributed by atoms with van der Waals surface area (Å²) in [5, 5.41) is -0.627. The lowest BCUT2D eigenvalue weighted by Gasteiger charge is -2.13. The number of hydrogen-bond acceptors (Lipinski definition) is 7. The molecule has 0 spiro atoms. The number of nitrogens with zero attached hydrogens (tertiary/aromatic N) is 5. The summed E-state index contributed by atoms with van der Waals surface area (Å²) in [6, 6.07) is 13.4. The molecule has 7 nitrogen and oxygen atoms in total. The maximum absolute atomic E-state index is 14.2. The van der Waals surface area contributed by atoms with Crippen LogP contribution in [-0.4, -0.2) is 50.5 Å². The van der Waals surface area contributed by atoms with Crippen molar-refractivity contribution in [3.63, 3.8) is 0 Å². The molecule has 0 atom stereocenters. The van der Waals surface area contributed by atoms with Crippen LogP contribution in [0.5, 0.6) is 0 Å². The van der Waals surface area contributed by atoms with Gasteiger partial charge in [-0.15, -0.1) is 0 Å². The Balaban J connectivity index is 0.000000197. The van der Waals surface area contributed by atoms with Crippen LogP contribution < -0.4 is 0 Å². The first kappa shape index (κ1) is 37.0. The van der Waals surface area contributed by atoms with Gasteiger partial charge in [0.05, 0.1) is 60.9 Å². The van der Waals surface area contributed by atoms with Gasteiger partial charge in [0, 0.05) is 59.5 Å². The average Bonchev–Trinajstić information content (AvgIpc) is 3.06. The number of aromatic nitrogens is 4. The first-order chi connectivity index (χ1) is 23.7. The number of halogens is 8. The first-order valence-corrected chi connectivity index (χ1v) is 16.6. The number of hydrogen-bond donors (Lipinski definition) is 0. The van der Waals surface area contributed by atoms with Gasteiger partial charge < -0.3 is 4.90 Å². The summed E-state index contributed by atoms with van der Waals surface area (Å²) in [6.07, 6.45) is 4.69. The second-order valence-corrected chi connectivity index (χ2v) is 13.5. The minimum absolute atomic E-state index is 0.124. The van der Waals surface area contributed by atoms with Gasteiger partial charge in [-0.3, -0.25) is 24.5 Å². The van der Waals surface area contributed by atoms with Gasteiger partial charge in [0.25, 0.3) is 0 Å². The second-order valence-electron chi connectivity index (χ2n) is 10.8. The van der Waals surface area contributed by atoms with E-state index in [1.807, 2.05) is 0 Å². The summed E-state index contributed by atoms with van der Waals surface area (Å²) in [5.74, 6) is -4.94. The van der Waals surface area contributed by atoms with Crippen molar-refractivity contribution in [2.75, 3.05) is 14.1 Å². The van der Waals surface area contributed by atoms with Crippen LogP contribution >= 0.6 is 55.1 Å². The fraction of sp³-hybridized carbons (Fsp3) is 0.0857. The van der Waals surface area contributed by atoms with E-state index in [-0.39, 0.29) is 33.2 Å². The Morgan fingerprint density at radius 3 is 1.80 bits per heavy atom. The number of benzene rings is 2. The Labute approximate surface area is 309 Å². The molecule has 0 saturated heterocycles. The van der Waals surface area contributed by atoms with Crippen LogP contribution in [0.1, 0.15) is 32.1 Å². The van der Waals surface area contributed by atoms with Crippen LogP contribution in [0.4, 0.5) is 17.6 Å². The van der Waals surface area contributed by atoms with Crippen molar-refractivity contribution >= 4 is 94.3 Å². The maximum atomic E-state index is 14.2. The molecule has 50 heavy (non-hydrogen) atoms. The number of rotatable bonds is 7. The molecule has 4 heterocycles. The van der Waals surface area contributed by atoms with E-state index in [0.717, 1.165) is 21.1 Å².